The van der Waals surface area contributed by atoms with Crippen LogP contribution in [0.3, 0.4) is 0 Å². The minimum atomic E-state index is -1.01. The topological polar surface area (TPSA) is 126 Å². The highest BCUT2D eigenvalue weighted by molar-refractivity contribution is 5.94. The summed E-state index contributed by atoms with van der Waals surface area (Å²) in [6.45, 7) is 10.7. The summed E-state index contributed by atoms with van der Waals surface area (Å²) in [5, 5.41) is 16.4. The van der Waals surface area contributed by atoms with E-state index in [2.05, 4.69) is 15.5 Å². The molecular weight excluding hydrogens is 498 g/mol. The lowest BCUT2D eigenvalue weighted by molar-refractivity contribution is 0.0517. The molecule has 0 spiro atoms. The van der Waals surface area contributed by atoms with Gasteiger partial charge in [0, 0.05) is 49.3 Å². The van der Waals surface area contributed by atoms with Crippen molar-refractivity contribution in [1.82, 2.24) is 14.9 Å². The van der Waals surface area contributed by atoms with E-state index in [0.29, 0.717) is 35.6 Å². The zero-order valence-electron chi connectivity index (χ0n) is 23.1. The van der Waals surface area contributed by atoms with E-state index < -0.39 is 17.7 Å². The number of aromatic carboxylic acids is 1. The van der Waals surface area contributed by atoms with Crippen molar-refractivity contribution in [3.63, 3.8) is 0 Å². The van der Waals surface area contributed by atoms with Crippen molar-refractivity contribution in [3.05, 3.63) is 63.4 Å². The molecule has 1 aromatic heterocycles. The number of aromatic nitrogens is 2. The average Bonchev–Trinajstić information content (AvgIpc) is 3.27. The molecule has 39 heavy (non-hydrogen) atoms. The van der Waals surface area contributed by atoms with Crippen molar-refractivity contribution in [2.45, 2.75) is 52.3 Å². The Balaban J connectivity index is 1.42. The maximum Gasteiger partial charge on any atom is 0.407 e. The Hall–Kier alpha value is -4.08. The Morgan fingerprint density at radius 3 is 2.46 bits per heavy atom. The van der Waals surface area contributed by atoms with Crippen LogP contribution >= 0.6 is 0 Å². The molecule has 5 rings (SSSR count). The number of rotatable bonds is 6. The van der Waals surface area contributed by atoms with Crippen LogP contribution in [0.1, 0.15) is 55.2 Å². The minimum absolute atomic E-state index is 0.0605. The SMILES string of the molecule is Cc1cc(C(C)Nc2ccccc2C(=O)O)c2nc(N3C[C@@H]4[C@H](C3)[C@@H]4NC(=O)OC(C)(C)C)n(C)c(=O)c2c1. The van der Waals surface area contributed by atoms with Crippen molar-refractivity contribution >= 4 is 34.6 Å². The number of nitrogens with zero attached hydrogens (tertiary/aromatic N) is 3. The standard InChI is InChI=1S/C29H35N5O5/c1-15-11-18(16(2)30-22-10-8-7-9-17(22)26(36)37)23-19(12-15)25(35)33(6)27(31-23)34-13-20-21(14-34)24(20)32-28(38)39-29(3,4)5/h7-12,16,20-21,24,30H,13-14H2,1-6H3,(H,32,38)(H,36,37)/t16?,20-,21+,24-. The molecule has 4 atom stereocenters. The van der Waals surface area contributed by atoms with Gasteiger partial charge in [0.25, 0.3) is 5.56 Å². The molecule has 3 aromatic rings. The van der Waals surface area contributed by atoms with Crippen LogP contribution in [0, 0.1) is 18.8 Å². The van der Waals surface area contributed by atoms with Gasteiger partial charge in [0.15, 0.2) is 0 Å². The molecule has 0 radical (unpaired) electrons. The maximum atomic E-state index is 13.5. The second-order valence-corrected chi connectivity index (χ2v) is 11.6. The number of anilines is 2. The van der Waals surface area contributed by atoms with Crippen LogP contribution in [0.15, 0.2) is 41.2 Å². The van der Waals surface area contributed by atoms with Crippen molar-refractivity contribution in [3.8, 4) is 0 Å². The summed E-state index contributed by atoms with van der Waals surface area (Å²) in [7, 11) is 1.73. The Labute approximate surface area is 227 Å². The predicted octanol–water partition coefficient (Wildman–Crippen LogP) is 4.07. The first-order chi connectivity index (χ1) is 18.3. The van der Waals surface area contributed by atoms with Crippen LogP contribution in [0.5, 0.6) is 0 Å². The van der Waals surface area contributed by atoms with E-state index in [1.54, 1.807) is 35.9 Å². The van der Waals surface area contributed by atoms with E-state index in [-0.39, 0.29) is 35.0 Å². The minimum Gasteiger partial charge on any atom is -0.478 e. The number of carbonyl (C=O) groups excluding carboxylic acids is 1. The van der Waals surface area contributed by atoms with Crippen molar-refractivity contribution in [2.24, 2.45) is 18.9 Å². The summed E-state index contributed by atoms with van der Waals surface area (Å²) in [5.74, 6) is 0.117. The smallest absolute Gasteiger partial charge is 0.407 e. The largest absolute Gasteiger partial charge is 0.478 e. The van der Waals surface area contributed by atoms with E-state index in [1.165, 1.54) is 0 Å². The van der Waals surface area contributed by atoms with Gasteiger partial charge in [-0.25, -0.2) is 14.6 Å². The third-order valence-electron chi connectivity index (χ3n) is 7.49. The fourth-order valence-electron chi connectivity index (χ4n) is 5.61. The van der Waals surface area contributed by atoms with Gasteiger partial charge in [-0.1, -0.05) is 18.2 Å². The summed E-state index contributed by atoms with van der Waals surface area (Å²) in [6.07, 6.45) is -0.407. The number of alkyl carbamates (subject to hydrolysis) is 1. The highest BCUT2D eigenvalue weighted by Crippen LogP contribution is 2.46. The summed E-state index contributed by atoms with van der Waals surface area (Å²) >= 11 is 0. The molecule has 10 heteroatoms. The lowest BCUT2D eigenvalue weighted by Crippen LogP contribution is -2.39. The van der Waals surface area contributed by atoms with Crippen LogP contribution < -0.4 is 21.1 Å². The average molecular weight is 534 g/mol. The monoisotopic (exact) mass is 533 g/mol. The number of ether oxygens (including phenoxy) is 1. The normalized spacial score (nSPS) is 20.9. The number of fused-ring (bicyclic) bond motifs is 2. The van der Waals surface area contributed by atoms with Crippen LogP contribution in [-0.2, 0) is 11.8 Å². The number of carboxylic acid groups (broad SMARTS) is 1. The number of carbonyl (C=O) groups is 2. The molecule has 3 N–H and O–H groups in total. The summed E-state index contributed by atoms with van der Waals surface area (Å²) in [5.41, 5.74) is 2.32. The third-order valence-corrected chi connectivity index (χ3v) is 7.49. The molecule has 2 fully saturated rings. The van der Waals surface area contributed by atoms with Gasteiger partial charge in [-0.05, 0) is 58.4 Å². The van der Waals surface area contributed by atoms with Crippen molar-refractivity contribution < 1.29 is 19.4 Å². The summed E-state index contributed by atoms with van der Waals surface area (Å²) < 4.78 is 6.98. The van der Waals surface area contributed by atoms with Crippen LogP contribution in [0.4, 0.5) is 16.4 Å². The van der Waals surface area contributed by atoms with Gasteiger partial charge >= 0.3 is 12.1 Å². The van der Waals surface area contributed by atoms with Crippen LogP contribution in [-0.4, -0.2) is 51.5 Å². The molecule has 206 valence electrons. The highest BCUT2D eigenvalue weighted by atomic mass is 16.6. The van der Waals surface area contributed by atoms with Crippen LogP contribution in [0.25, 0.3) is 10.9 Å². The Morgan fingerprint density at radius 2 is 1.82 bits per heavy atom. The molecule has 10 nitrogen and oxygen atoms in total. The van der Waals surface area contributed by atoms with E-state index in [1.807, 2.05) is 46.8 Å². The van der Waals surface area contributed by atoms with Gasteiger partial charge in [-0.2, -0.15) is 0 Å². The lowest BCUT2D eigenvalue weighted by atomic mass is 10.0. The van der Waals surface area contributed by atoms with Gasteiger partial charge in [0.2, 0.25) is 5.95 Å². The number of benzene rings is 2. The second kappa shape index (κ2) is 9.59. The second-order valence-electron chi connectivity index (χ2n) is 11.6. The fourth-order valence-corrected chi connectivity index (χ4v) is 5.61. The quantitative estimate of drug-likeness (QED) is 0.433. The molecule has 1 aliphatic heterocycles. The van der Waals surface area contributed by atoms with E-state index in [9.17, 15) is 19.5 Å². The number of hydrogen-bond acceptors (Lipinski definition) is 7. The summed E-state index contributed by atoms with van der Waals surface area (Å²) in [6, 6.07) is 10.3. The molecule has 1 saturated carbocycles. The number of piperidine rings is 1. The number of para-hydroxylation sites is 1. The van der Waals surface area contributed by atoms with Gasteiger partial charge in [-0.15, -0.1) is 0 Å². The lowest BCUT2D eigenvalue weighted by Gasteiger charge is -2.25. The van der Waals surface area contributed by atoms with E-state index >= 15 is 0 Å². The van der Waals surface area contributed by atoms with Crippen LogP contribution in [0.2, 0.25) is 0 Å². The fraction of sp³-hybridized carbons (Fsp3) is 0.448. The molecule has 1 aliphatic carbocycles. The van der Waals surface area contributed by atoms with Gasteiger partial charge in [0.1, 0.15) is 5.60 Å². The first kappa shape index (κ1) is 26.5. The van der Waals surface area contributed by atoms with E-state index in [0.717, 1.165) is 11.1 Å². The molecule has 1 unspecified atom stereocenters. The number of carboxylic acids is 1. The molecule has 2 heterocycles. The Kier molecular flexibility index (Phi) is 6.52. The third kappa shape index (κ3) is 5.15. The maximum absolute atomic E-state index is 13.5. The van der Waals surface area contributed by atoms with Crippen molar-refractivity contribution in [2.75, 3.05) is 23.3 Å². The van der Waals surface area contributed by atoms with Crippen molar-refractivity contribution in [1.29, 1.82) is 0 Å². The molecular formula is C29H35N5O5. The number of hydrogen-bond donors (Lipinski definition) is 3. The molecule has 0 bridgehead atoms. The first-order valence-corrected chi connectivity index (χ1v) is 13.2. The van der Waals surface area contributed by atoms with Gasteiger partial charge < -0.3 is 25.4 Å². The Morgan fingerprint density at radius 1 is 1.15 bits per heavy atom. The molecule has 1 amide bonds. The number of nitrogens with one attached hydrogen (secondary N) is 2. The van der Waals surface area contributed by atoms with Gasteiger partial charge in [-0.3, -0.25) is 9.36 Å². The van der Waals surface area contributed by atoms with Gasteiger partial charge in [0.05, 0.1) is 22.5 Å². The first-order valence-electron chi connectivity index (χ1n) is 13.2. The predicted molar refractivity (Wildman–Crippen MR) is 150 cm³/mol. The zero-order chi connectivity index (χ0) is 28.2. The zero-order valence-corrected chi connectivity index (χ0v) is 23.1. The molecule has 2 aromatic carbocycles. The molecule has 1 saturated heterocycles. The Bertz CT molecular complexity index is 1510. The highest BCUT2D eigenvalue weighted by Gasteiger charge is 2.57. The number of amides is 1. The number of aryl methyl sites for hydroxylation is 1. The molecule has 2 aliphatic rings. The van der Waals surface area contributed by atoms with E-state index in [4.69, 9.17) is 9.72 Å². The summed E-state index contributed by atoms with van der Waals surface area (Å²) in [4.78, 5) is 44.5.